The smallest absolute Gasteiger partial charge is 0.0637 e. The molecule has 1 N–H and O–H groups in total. The number of halogens is 1. The first-order valence-corrected chi connectivity index (χ1v) is 7.42. The van der Waals surface area contributed by atoms with Crippen LogP contribution in [0.3, 0.4) is 0 Å². The van der Waals surface area contributed by atoms with E-state index in [-0.39, 0.29) is 0 Å². The third-order valence-corrected chi connectivity index (χ3v) is 4.23. The van der Waals surface area contributed by atoms with Crippen LogP contribution in [0, 0.1) is 0 Å². The number of para-hydroxylation sites is 1. The number of nitrogens with one attached hydrogen (secondary N) is 1. The van der Waals surface area contributed by atoms with Crippen molar-refractivity contribution < 1.29 is 0 Å². The zero-order valence-corrected chi connectivity index (χ0v) is 12.7. The monoisotopic (exact) mass is 281 g/mol. The molecule has 106 valence electrons. The standard InChI is InChI=1S/C15H24ClN3/c1-18(2)13-7-10-19(11-8-13)12-9-17-15-6-4-3-5-14(15)16/h3-6,13,17H,7-12H2,1-2H3. The van der Waals surface area contributed by atoms with Crippen molar-refractivity contribution in [2.75, 3.05) is 45.6 Å². The molecule has 0 bridgehead atoms. The lowest BCUT2D eigenvalue weighted by atomic mass is 10.0. The largest absolute Gasteiger partial charge is 0.383 e. The molecule has 0 atom stereocenters. The number of benzene rings is 1. The van der Waals surface area contributed by atoms with Crippen molar-refractivity contribution in [3.63, 3.8) is 0 Å². The van der Waals surface area contributed by atoms with Crippen molar-refractivity contribution in [3.05, 3.63) is 29.3 Å². The predicted molar refractivity (Wildman–Crippen MR) is 83.1 cm³/mol. The SMILES string of the molecule is CN(C)C1CCN(CCNc2ccccc2Cl)CC1. The molecular weight excluding hydrogens is 258 g/mol. The summed E-state index contributed by atoms with van der Waals surface area (Å²) in [6, 6.07) is 8.68. The van der Waals surface area contributed by atoms with E-state index in [1.165, 1.54) is 25.9 Å². The fourth-order valence-corrected chi connectivity index (χ4v) is 2.82. The number of likely N-dealkylation sites (tertiary alicyclic amines) is 1. The summed E-state index contributed by atoms with van der Waals surface area (Å²) in [5, 5.41) is 4.21. The number of hydrogen-bond donors (Lipinski definition) is 1. The number of piperidine rings is 1. The highest BCUT2D eigenvalue weighted by Gasteiger charge is 2.19. The van der Waals surface area contributed by atoms with Gasteiger partial charge in [-0.25, -0.2) is 0 Å². The Morgan fingerprint density at radius 3 is 2.58 bits per heavy atom. The van der Waals surface area contributed by atoms with Gasteiger partial charge >= 0.3 is 0 Å². The lowest BCUT2D eigenvalue weighted by molar-refractivity contribution is 0.148. The lowest BCUT2D eigenvalue weighted by Crippen LogP contribution is -2.43. The molecule has 1 fully saturated rings. The van der Waals surface area contributed by atoms with Crippen LogP contribution in [-0.2, 0) is 0 Å². The molecule has 1 aromatic rings. The third kappa shape index (κ3) is 4.37. The van der Waals surface area contributed by atoms with Gasteiger partial charge in [-0.2, -0.15) is 0 Å². The van der Waals surface area contributed by atoms with E-state index in [0.717, 1.165) is 29.8 Å². The Hall–Kier alpha value is -0.770. The topological polar surface area (TPSA) is 18.5 Å². The molecule has 0 radical (unpaired) electrons. The van der Waals surface area contributed by atoms with Crippen LogP contribution >= 0.6 is 11.6 Å². The molecule has 0 amide bonds. The second kappa shape index (κ2) is 7.13. The maximum atomic E-state index is 6.12. The second-order valence-corrected chi connectivity index (χ2v) is 5.85. The first-order chi connectivity index (χ1) is 9.16. The average Bonchev–Trinajstić information content (AvgIpc) is 2.41. The van der Waals surface area contributed by atoms with Gasteiger partial charge in [-0.15, -0.1) is 0 Å². The van der Waals surface area contributed by atoms with E-state index >= 15 is 0 Å². The number of anilines is 1. The molecule has 0 saturated carbocycles. The van der Waals surface area contributed by atoms with Crippen molar-refractivity contribution in [1.82, 2.24) is 9.80 Å². The highest BCUT2D eigenvalue weighted by Crippen LogP contribution is 2.20. The van der Waals surface area contributed by atoms with Gasteiger partial charge in [0, 0.05) is 19.1 Å². The maximum absolute atomic E-state index is 6.12. The zero-order valence-electron chi connectivity index (χ0n) is 11.9. The molecule has 0 unspecified atom stereocenters. The van der Waals surface area contributed by atoms with Gasteiger partial charge in [0.1, 0.15) is 0 Å². The van der Waals surface area contributed by atoms with Crippen LogP contribution < -0.4 is 5.32 Å². The molecule has 1 aliphatic rings. The molecule has 1 aliphatic heterocycles. The molecule has 0 spiro atoms. The summed E-state index contributed by atoms with van der Waals surface area (Å²) in [4.78, 5) is 4.88. The summed E-state index contributed by atoms with van der Waals surface area (Å²) in [6.07, 6.45) is 2.55. The van der Waals surface area contributed by atoms with Gasteiger partial charge in [-0.3, -0.25) is 0 Å². The van der Waals surface area contributed by atoms with Gasteiger partial charge in [-0.1, -0.05) is 23.7 Å². The van der Waals surface area contributed by atoms with Gasteiger partial charge in [0.05, 0.1) is 10.7 Å². The molecule has 0 aliphatic carbocycles. The van der Waals surface area contributed by atoms with Crippen molar-refractivity contribution in [3.8, 4) is 0 Å². The van der Waals surface area contributed by atoms with Gasteiger partial charge in [-0.05, 0) is 52.2 Å². The van der Waals surface area contributed by atoms with Gasteiger partial charge in [0.25, 0.3) is 0 Å². The molecule has 1 aromatic carbocycles. The Morgan fingerprint density at radius 2 is 1.95 bits per heavy atom. The zero-order chi connectivity index (χ0) is 13.7. The van der Waals surface area contributed by atoms with Crippen LogP contribution in [0.15, 0.2) is 24.3 Å². The fourth-order valence-electron chi connectivity index (χ4n) is 2.61. The van der Waals surface area contributed by atoms with Crippen LogP contribution in [0.1, 0.15) is 12.8 Å². The van der Waals surface area contributed by atoms with Crippen molar-refractivity contribution in [1.29, 1.82) is 0 Å². The number of nitrogens with zero attached hydrogens (tertiary/aromatic N) is 2. The number of rotatable bonds is 5. The van der Waals surface area contributed by atoms with E-state index in [0.29, 0.717) is 0 Å². The molecular formula is C15H24ClN3. The number of hydrogen-bond acceptors (Lipinski definition) is 3. The quantitative estimate of drug-likeness (QED) is 0.895. The summed E-state index contributed by atoms with van der Waals surface area (Å²) >= 11 is 6.12. The van der Waals surface area contributed by atoms with Crippen molar-refractivity contribution in [2.24, 2.45) is 0 Å². The molecule has 2 rings (SSSR count). The Labute approximate surface area is 121 Å². The Morgan fingerprint density at radius 1 is 1.26 bits per heavy atom. The Bertz CT molecular complexity index is 387. The highest BCUT2D eigenvalue weighted by molar-refractivity contribution is 6.33. The summed E-state index contributed by atoms with van der Waals surface area (Å²) in [5.41, 5.74) is 1.03. The maximum Gasteiger partial charge on any atom is 0.0637 e. The van der Waals surface area contributed by atoms with Crippen LogP contribution in [0.5, 0.6) is 0 Å². The Balaban J connectivity index is 1.69. The molecule has 3 nitrogen and oxygen atoms in total. The lowest BCUT2D eigenvalue weighted by Gasteiger charge is -2.35. The van der Waals surface area contributed by atoms with Gasteiger partial charge in [0.15, 0.2) is 0 Å². The van der Waals surface area contributed by atoms with Crippen LogP contribution in [0.25, 0.3) is 0 Å². The first-order valence-electron chi connectivity index (χ1n) is 7.04. The second-order valence-electron chi connectivity index (χ2n) is 5.44. The third-order valence-electron chi connectivity index (χ3n) is 3.90. The Kier molecular flexibility index (Phi) is 5.49. The van der Waals surface area contributed by atoms with Crippen LogP contribution in [0.2, 0.25) is 5.02 Å². The summed E-state index contributed by atoms with van der Waals surface area (Å²) in [7, 11) is 4.36. The van der Waals surface area contributed by atoms with Crippen LogP contribution in [0.4, 0.5) is 5.69 Å². The van der Waals surface area contributed by atoms with Crippen molar-refractivity contribution >= 4 is 17.3 Å². The van der Waals surface area contributed by atoms with E-state index < -0.39 is 0 Å². The molecule has 4 heteroatoms. The molecule has 1 saturated heterocycles. The molecule has 0 aromatic heterocycles. The van der Waals surface area contributed by atoms with E-state index in [9.17, 15) is 0 Å². The molecule has 1 heterocycles. The van der Waals surface area contributed by atoms with Gasteiger partial charge in [0.2, 0.25) is 0 Å². The van der Waals surface area contributed by atoms with Crippen molar-refractivity contribution in [2.45, 2.75) is 18.9 Å². The van der Waals surface area contributed by atoms with E-state index in [1.54, 1.807) is 0 Å². The van der Waals surface area contributed by atoms with E-state index in [2.05, 4.69) is 29.2 Å². The summed E-state index contributed by atoms with van der Waals surface area (Å²) in [6.45, 7) is 4.45. The predicted octanol–water partition coefficient (Wildman–Crippen LogP) is 2.78. The fraction of sp³-hybridized carbons (Fsp3) is 0.600. The van der Waals surface area contributed by atoms with Gasteiger partial charge < -0.3 is 15.1 Å². The van der Waals surface area contributed by atoms with E-state index in [1.807, 2.05) is 24.3 Å². The molecule has 19 heavy (non-hydrogen) atoms. The highest BCUT2D eigenvalue weighted by atomic mass is 35.5. The first kappa shape index (κ1) is 14.6. The van der Waals surface area contributed by atoms with Crippen LogP contribution in [-0.4, -0.2) is 56.1 Å². The minimum atomic E-state index is 0.757. The minimum Gasteiger partial charge on any atom is -0.383 e. The average molecular weight is 282 g/mol. The normalized spacial score (nSPS) is 17.9. The summed E-state index contributed by atoms with van der Waals surface area (Å²) in [5.74, 6) is 0. The summed E-state index contributed by atoms with van der Waals surface area (Å²) < 4.78 is 0. The minimum absolute atomic E-state index is 0.757. The van der Waals surface area contributed by atoms with E-state index in [4.69, 9.17) is 11.6 Å².